The van der Waals surface area contributed by atoms with Crippen LogP contribution in [0.1, 0.15) is 32.0 Å². The SMILES string of the molecule is O=C(Nc1ccc(C(=O)N2Cc3cccn3Cc3ccccc32)cc1)c1cccnc1N1CCOCC1. The minimum atomic E-state index is -0.240. The summed E-state index contributed by atoms with van der Waals surface area (Å²) in [7, 11) is 0. The quantitative estimate of drug-likeness (QED) is 0.461. The van der Waals surface area contributed by atoms with E-state index < -0.39 is 0 Å². The lowest BCUT2D eigenvalue weighted by atomic mass is 10.1. The third-order valence-corrected chi connectivity index (χ3v) is 6.84. The van der Waals surface area contributed by atoms with Gasteiger partial charge in [0.05, 0.1) is 25.3 Å². The zero-order valence-electron chi connectivity index (χ0n) is 20.3. The monoisotopic (exact) mass is 493 g/mol. The first-order chi connectivity index (χ1) is 18.2. The van der Waals surface area contributed by atoms with Crippen LogP contribution >= 0.6 is 0 Å². The van der Waals surface area contributed by atoms with Gasteiger partial charge in [-0.1, -0.05) is 18.2 Å². The molecule has 4 aromatic rings. The van der Waals surface area contributed by atoms with Crippen LogP contribution in [-0.2, 0) is 17.8 Å². The Morgan fingerprint density at radius 1 is 0.865 bits per heavy atom. The average molecular weight is 494 g/mol. The summed E-state index contributed by atoms with van der Waals surface area (Å²) in [6.07, 6.45) is 3.74. The number of rotatable bonds is 4. The number of carbonyl (C=O) groups excluding carboxylic acids is 2. The van der Waals surface area contributed by atoms with E-state index >= 15 is 0 Å². The molecule has 2 aromatic heterocycles. The summed E-state index contributed by atoms with van der Waals surface area (Å²) in [6.45, 7) is 3.83. The summed E-state index contributed by atoms with van der Waals surface area (Å²) < 4.78 is 7.60. The third-order valence-electron chi connectivity index (χ3n) is 6.84. The van der Waals surface area contributed by atoms with E-state index in [2.05, 4.69) is 31.9 Å². The fourth-order valence-electron chi connectivity index (χ4n) is 4.92. The molecule has 1 fully saturated rings. The summed E-state index contributed by atoms with van der Waals surface area (Å²) in [5.74, 6) is 0.331. The fourth-order valence-corrected chi connectivity index (χ4v) is 4.92. The fraction of sp³-hybridized carbons (Fsp3) is 0.207. The second kappa shape index (κ2) is 9.91. The maximum absolute atomic E-state index is 13.6. The van der Waals surface area contributed by atoms with E-state index in [1.165, 1.54) is 0 Å². The molecular weight excluding hydrogens is 466 g/mol. The lowest BCUT2D eigenvalue weighted by Crippen LogP contribution is -2.38. The van der Waals surface area contributed by atoms with Crippen LogP contribution < -0.4 is 15.1 Å². The molecule has 37 heavy (non-hydrogen) atoms. The molecule has 0 saturated carbocycles. The van der Waals surface area contributed by atoms with Gasteiger partial charge in [-0.05, 0) is 60.2 Å². The highest BCUT2D eigenvalue weighted by atomic mass is 16.5. The van der Waals surface area contributed by atoms with Crippen LogP contribution in [0.25, 0.3) is 0 Å². The average Bonchev–Trinajstić information content (AvgIpc) is 3.32. The number of nitrogens with one attached hydrogen (secondary N) is 1. The first kappa shape index (κ1) is 23.0. The molecule has 0 radical (unpaired) electrons. The summed E-state index contributed by atoms with van der Waals surface area (Å²) in [5.41, 5.74) is 4.78. The molecule has 8 nitrogen and oxygen atoms in total. The van der Waals surface area contributed by atoms with Crippen LogP contribution in [0.3, 0.4) is 0 Å². The van der Waals surface area contributed by atoms with Gasteiger partial charge in [0.25, 0.3) is 11.8 Å². The zero-order valence-corrected chi connectivity index (χ0v) is 20.3. The molecule has 4 heterocycles. The van der Waals surface area contributed by atoms with Crippen molar-refractivity contribution in [2.24, 2.45) is 0 Å². The van der Waals surface area contributed by atoms with E-state index in [0.717, 1.165) is 23.5 Å². The minimum absolute atomic E-state index is 0.0816. The van der Waals surface area contributed by atoms with Crippen molar-refractivity contribution in [3.8, 4) is 0 Å². The highest BCUT2D eigenvalue weighted by Gasteiger charge is 2.25. The van der Waals surface area contributed by atoms with Gasteiger partial charge in [0.15, 0.2) is 0 Å². The Bertz CT molecular complexity index is 1440. The number of carbonyl (C=O) groups is 2. The van der Waals surface area contributed by atoms with Crippen LogP contribution in [0.2, 0.25) is 0 Å². The van der Waals surface area contributed by atoms with Crippen LogP contribution in [0.4, 0.5) is 17.2 Å². The molecule has 6 rings (SSSR count). The van der Waals surface area contributed by atoms with Gasteiger partial charge in [0.1, 0.15) is 5.82 Å². The molecule has 2 aliphatic heterocycles. The first-order valence-corrected chi connectivity index (χ1v) is 12.4. The number of benzene rings is 2. The van der Waals surface area contributed by atoms with Gasteiger partial charge >= 0.3 is 0 Å². The number of nitrogens with zero attached hydrogens (tertiary/aromatic N) is 4. The van der Waals surface area contributed by atoms with Crippen LogP contribution in [0, 0.1) is 0 Å². The Morgan fingerprint density at radius 2 is 1.68 bits per heavy atom. The predicted octanol–water partition coefficient (Wildman–Crippen LogP) is 4.18. The van der Waals surface area contributed by atoms with Gasteiger partial charge in [0.2, 0.25) is 0 Å². The van der Waals surface area contributed by atoms with Gasteiger partial charge in [-0.2, -0.15) is 0 Å². The Morgan fingerprint density at radius 3 is 2.51 bits per heavy atom. The summed E-state index contributed by atoms with van der Waals surface area (Å²) in [5, 5.41) is 2.95. The number of para-hydroxylation sites is 1. The number of morpholine rings is 1. The smallest absolute Gasteiger partial charge is 0.259 e. The largest absolute Gasteiger partial charge is 0.378 e. The van der Waals surface area contributed by atoms with Gasteiger partial charge in [-0.3, -0.25) is 9.59 Å². The second-order valence-corrected chi connectivity index (χ2v) is 9.15. The summed E-state index contributed by atoms with van der Waals surface area (Å²) in [6, 6.07) is 22.7. The van der Waals surface area contributed by atoms with Crippen LogP contribution in [0.5, 0.6) is 0 Å². The number of hydrogen-bond donors (Lipinski definition) is 1. The van der Waals surface area contributed by atoms with Crippen LogP contribution in [0.15, 0.2) is 85.2 Å². The molecule has 8 heteroatoms. The predicted molar refractivity (Wildman–Crippen MR) is 142 cm³/mol. The molecule has 0 spiro atoms. The van der Waals surface area contributed by atoms with Crippen molar-refractivity contribution in [3.63, 3.8) is 0 Å². The normalized spacial score (nSPS) is 14.9. The van der Waals surface area contributed by atoms with Crippen molar-refractivity contribution in [2.45, 2.75) is 13.1 Å². The maximum atomic E-state index is 13.6. The molecule has 0 atom stereocenters. The Kier molecular flexibility index (Phi) is 6.16. The zero-order chi connectivity index (χ0) is 25.2. The second-order valence-electron chi connectivity index (χ2n) is 9.15. The number of hydrogen-bond acceptors (Lipinski definition) is 5. The highest BCUT2D eigenvalue weighted by molar-refractivity contribution is 6.09. The standard InChI is InChI=1S/C29H27N5O3/c35-28(25-7-3-13-30-27(25)32-15-17-37-18-16-32)31-23-11-9-21(10-12-23)29(36)34-20-24-6-4-14-33(24)19-22-5-1-2-8-26(22)34/h1-14H,15-20H2,(H,31,35). The van der Waals surface area contributed by atoms with Crippen molar-refractivity contribution in [3.05, 3.63) is 108 Å². The molecular formula is C29H27N5O3. The van der Waals surface area contributed by atoms with Gasteiger partial charge in [0, 0.05) is 54.7 Å². The van der Waals surface area contributed by atoms with E-state index in [0.29, 0.717) is 55.5 Å². The van der Waals surface area contributed by atoms with E-state index in [1.807, 2.05) is 35.4 Å². The minimum Gasteiger partial charge on any atom is -0.378 e. The lowest BCUT2D eigenvalue weighted by molar-refractivity contribution is 0.0983. The molecule has 2 aliphatic rings. The van der Waals surface area contributed by atoms with Crippen molar-refractivity contribution in [2.75, 3.05) is 41.4 Å². The molecule has 2 amide bonds. The summed E-state index contributed by atoms with van der Waals surface area (Å²) in [4.78, 5) is 35.1. The third kappa shape index (κ3) is 4.59. The summed E-state index contributed by atoms with van der Waals surface area (Å²) >= 11 is 0. The van der Waals surface area contributed by atoms with Crippen molar-refractivity contribution in [1.82, 2.24) is 9.55 Å². The van der Waals surface area contributed by atoms with E-state index in [9.17, 15) is 9.59 Å². The highest BCUT2D eigenvalue weighted by Crippen LogP contribution is 2.29. The topological polar surface area (TPSA) is 79.7 Å². The van der Waals surface area contributed by atoms with E-state index in [-0.39, 0.29) is 11.8 Å². The van der Waals surface area contributed by atoms with Gasteiger partial charge in [-0.25, -0.2) is 4.98 Å². The maximum Gasteiger partial charge on any atom is 0.259 e. The van der Waals surface area contributed by atoms with Gasteiger partial charge < -0.3 is 24.4 Å². The van der Waals surface area contributed by atoms with Gasteiger partial charge in [-0.15, -0.1) is 0 Å². The number of amides is 2. The van der Waals surface area contributed by atoms with Crippen LogP contribution in [-0.4, -0.2) is 47.7 Å². The number of pyridine rings is 1. The Balaban J connectivity index is 1.21. The molecule has 0 aliphatic carbocycles. The Labute approximate surface area is 215 Å². The number of ether oxygens (including phenoxy) is 1. The molecule has 1 N–H and O–H groups in total. The lowest BCUT2D eigenvalue weighted by Gasteiger charge is -2.29. The molecule has 2 aromatic carbocycles. The van der Waals surface area contributed by atoms with E-state index in [4.69, 9.17) is 4.74 Å². The van der Waals surface area contributed by atoms with E-state index in [1.54, 1.807) is 42.6 Å². The molecule has 1 saturated heterocycles. The number of aromatic nitrogens is 2. The molecule has 0 bridgehead atoms. The van der Waals surface area contributed by atoms with Crippen molar-refractivity contribution in [1.29, 1.82) is 0 Å². The molecule has 0 unspecified atom stereocenters. The number of anilines is 3. The van der Waals surface area contributed by atoms with Crippen molar-refractivity contribution < 1.29 is 14.3 Å². The first-order valence-electron chi connectivity index (χ1n) is 12.4. The Hall–Kier alpha value is -4.43. The van der Waals surface area contributed by atoms with Crippen molar-refractivity contribution >= 4 is 29.0 Å². The number of fused-ring (bicyclic) bond motifs is 2. The molecule has 186 valence electrons.